The third-order valence-electron chi connectivity index (χ3n) is 3.06. The first-order chi connectivity index (χ1) is 10.7. The molecule has 0 radical (unpaired) electrons. The Kier molecular flexibility index (Phi) is 5.37. The molecule has 0 fully saturated rings. The lowest BCUT2D eigenvalue weighted by Crippen LogP contribution is -2.23. The number of carbonyl (C=O) groups excluding carboxylic acids is 1. The lowest BCUT2D eigenvalue weighted by molar-refractivity contribution is 0.102. The van der Waals surface area contributed by atoms with Crippen molar-refractivity contribution >= 4 is 44.2 Å². The topological polar surface area (TPSA) is 66.5 Å². The van der Waals surface area contributed by atoms with Gasteiger partial charge in [-0.3, -0.25) is 4.79 Å². The zero-order valence-corrected chi connectivity index (χ0v) is 15.4. The van der Waals surface area contributed by atoms with Gasteiger partial charge in [0, 0.05) is 23.4 Å². The van der Waals surface area contributed by atoms with Crippen LogP contribution in [0.25, 0.3) is 0 Å². The molecule has 1 N–H and O–H groups in total. The Morgan fingerprint density at radius 2 is 1.74 bits per heavy atom. The molecule has 8 heteroatoms. The Morgan fingerprint density at radius 3 is 2.30 bits per heavy atom. The fourth-order valence-corrected chi connectivity index (χ4v) is 3.29. The number of rotatable bonds is 4. The summed E-state index contributed by atoms with van der Waals surface area (Å²) in [6, 6.07) is 9.67. The fraction of sp³-hybridized carbons (Fsp3) is 0.133. The average molecular weight is 448 g/mol. The highest BCUT2D eigenvalue weighted by Crippen LogP contribution is 2.21. The summed E-state index contributed by atoms with van der Waals surface area (Å²) in [7, 11) is -0.783. The summed E-state index contributed by atoms with van der Waals surface area (Å²) in [5.41, 5.74) is 0.658. The van der Waals surface area contributed by atoms with Crippen molar-refractivity contribution in [2.45, 2.75) is 4.90 Å². The number of benzene rings is 2. The van der Waals surface area contributed by atoms with Gasteiger partial charge >= 0.3 is 0 Å². The minimum atomic E-state index is -3.63. The van der Waals surface area contributed by atoms with Crippen LogP contribution in [-0.4, -0.2) is 32.7 Å². The van der Waals surface area contributed by atoms with Gasteiger partial charge in [-0.05, 0) is 65.1 Å². The maximum Gasteiger partial charge on any atom is 0.256 e. The van der Waals surface area contributed by atoms with Crippen molar-refractivity contribution in [2.24, 2.45) is 0 Å². The van der Waals surface area contributed by atoms with Gasteiger partial charge in [0.05, 0.1) is 10.5 Å². The number of anilines is 1. The molecule has 2 aromatic rings. The monoisotopic (exact) mass is 448 g/mol. The van der Waals surface area contributed by atoms with Crippen LogP contribution in [0.3, 0.4) is 0 Å². The normalized spacial score (nSPS) is 11.5. The molecule has 122 valence electrons. The Hall–Kier alpha value is -1.52. The molecule has 0 bridgehead atoms. The van der Waals surface area contributed by atoms with Crippen molar-refractivity contribution < 1.29 is 17.6 Å². The van der Waals surface area contributed by atoms with E-state index < -0.39 is 21.7 Å². The van der Waals surface area contributed by atoms with E-state index in [0.29, 0.717) is 9.26 Å². The second-order valence-corrected chi connectivity index (χ2v) is 8.20. The van der Waals surface area contributed by atoms with Gasteiger partial charge in [-0.25, -0.2) is 17.1 Å². The number of carbonyl (C=O) groups is 1. The van der Waals surface area contributed by atoms with E-state index in [2.05, 4.69) is 5.32 Å². The lowest BCUT2D eigenvalue weighted by atomic mass is 10.2. The molecule has 5 nitrogen and oxygen atoms in total. The number of halogens is 2. The zero-order valence-electron chi connectivity index (χ0n) is 12.4. The van der Waals surface area contributed by atoms with Crippen LogP contribution in [-0.2, 0) is 10.0 Å². The molecule has 0 aliphatic rings. The van der Waals surface area contributed by atoms with Crippen LogP contribution in [0.5, 0.6) is 0 Å². The summed E-state index contributed by atoms with van der Waals surface area (Å²) in [5, 5.41) is 2.62. The van der Waals surface area contributed by atoms with E-state index in [9.17, 15) is 17.6 Å². The van der Waals surface area contributed by atoms with E-state index in [-0.39, 0.29) is 10.5 Å². The molecule has 1 amide bonds. The Morgan fingerprint density at radius 1 is 1.13 bits per heavy atom. The van der Waals surface area contributed by atoms with E-state index in [1.807, 2.05) is 22.6 Å². The molecule has 23 heavy (non-hydrogen) atoms. The SMILES string of the molecule is CN(C)S(=O)(=O)c1ccc(I)c(C(=O)Nc2ccc(F)cc2)c1. The molecular weight excluding hydrogens is 434 g/mol. The van der Waals surface area contributed by atoms with E-state index in [4.69, 9.17) is 0 Å². The number of hydrogen-bond acceptors (Lipinski definition) is 3. The minimum absolute atomic E-state index is 0.0344. The molecule has 0 aliphatic heterocycles. The van der Waals surface area contributed by atoms with Gasteiger partial charge in [0.25, 0.3) is 5.91 Å². The van der Waals surface area contributed by atoms with Crippen LogP contribution in [0.15, 0.2) is 47.4 Å². The Balaban J connectivity index is 2.35. The van der Waals surface area contributed by atoms with Gasteiger partial charge < -0.3 is 5.32 Å². The summed E-state index contributed by atoms with van der Waals surface area (Å²) >= 11 is 1.96. The third kappa shape index (κ3) is 4.06. The highest BCUT2D eigenvalue weighted by molar-refractivity contribution is 14.1. The van der Waals surface area contributed by atoms with Crippen LogP contribution in [0.4, 0.5) is 10.1 Å². The number of amides is 1. The van der Waals surface area contributed by atoms with E-state index in [1.165, 1.54) is 50.5 Å². The first kappa shape index (κ1) is 17.8. The quantitative estimate of drug-likeness (QED) is 0.732. The highest BCUT2D eigenvalue weighted by atomic mass is 127. The van der Waals surface area contributed by atoms with E-state index in [0.717, 1.165) is 4.31 Å². The van der Waals surface area contributed by atoms with Gasteiger partial charge in [-0.1, -0.05) is 0 Å². The van der Waals surface area contributed by atoms with Crippen LogP contribution in [0.1, 0.15) is 10.4 Å². The fourth-order valence-electron chi connectivity index (χ4n) is 1.78. The number of sulfonamides is 1. The van der Waals surface area contributed by atoms with Crippen LogP contribution in [0.2, 0.25) is 0 Å². The van der Waals surface area contributed by atoms with Gasteiger partial charge in [0.2, 0.25) is 10.0 Å². The molecule has 2 rings (SSSR count). The van der Waals surface area contributed by atoms with Crippen LogP contribution >= 0.6 is 22.6 Å². The maximum absolute atomic E-state index is 12.9. The molecule has 2 aromatic carbocycles. The first-order valence-corrected chi connectivity index (χ1v) is 9.02. The molecule has 0 atom stereocenters. The van der Waals surface area contributed by atoms with Crippen molar-refractivity contribution in [3.05, 3.63) is 57.4 Å². The molecule has 0 saturated heterocycles. The van der Waals surface area contributed by atoms with Crippen molar-refractivity contribution in [1.82, 2.24) is 4.31 Å². The number of nitrogens with zero attached hydrogens (tertiary/aromatic N) is 1. The van der Waals surface area contributed by atoms with Crippen molar-refractivity contribution in [2.75, 3.05) is 19.4 Å². The predicted octanol–water partition coefficient (Wildman–Crippen LogP) is 2.93. The predicted molar refractivity (Wildman–Crippen MR) is 94.4 cm³/mol. The summed E-state index contributed by atoms with van der Waals surface area (Å²) in [6.07, 6.45) is 0. The molecule has 0 spiro atoms. The van der Waals surface area contributed by atoms with Crippen molar-refractivity contribution in [1.29, 1.82) is 0 Å². The largest absolute Gasteiger partial charge is 0.322 e. The molecule has 0 unspecified atom stereocenters. The average Bonchev–Trinajstić information content (AvgIpc) is 2.49. The van der Waals surface area contributed by atoms with E-state index >= 15 is 0 Å². The Bertz CT molecular complexity index is 836. The van der Waals surface area contributed by atoms with Crippen molar-refractivity contribution in [3.63, 3.8) is 0 Å². The van der Waals surface area contributed by atoms with Crippen molar-refractivity contribution in [3.8, 4) is 0 Å². The highest BCUT2D eigenvalue weighted by Gasteiger charge is 2.20. The zero-order chi connectivity index (χ0) is 17.2. The standard InChI is InChI=1S/C15H14FIN2O3S/c1-19(2)23(21,22)12-7-8-14(17)13(9-12)15(20)18-11-5-3-10(16)4-6-11/h3-9H,1-2H3,(H,18,20). The summed E-state index contributed by atoms with van der Waals surface area (Å²) in [6.45, 7) is 0. The smallest absolute Gasteiger partial charge is 0.256 e. The number of hydrogen-bond donors (Lipinski definition) is 1. The molecule has 0 heterocycles. The lowest BCUT2D eigenvalue weighted by Gasteiger charge is -2.13. The molecule has 0 aromatic heterocycles. The Labute approximate surface area is 147 Å². The van der Waals surface area contributed by atoms with Gasteiger partial charge in [0.1, 0.15) is 5.82 Å². The summed E-state index contributed by atoms with van der Waals surface area (Å²) in [4.78, 5) is 12.4. The molecular formula is C15H14FIN2O3S. The number of nitrogens with one attached hydrogen (secondary N) is 1. The molecule has 0 saturated carbocycles. The minimum Gasteiger partial charge on any atom is -0.322 e. The van der Waals surface area contributed by atoms with Gasteiger partial charge in [0.15, 0.2) is 0 Å². The second kappa shape index (κ2) is 6.93. The maximum atomic E-state index is 12.9. The molecule has 0 aliphatic carbocycles. The third-order valence-corrected chi connectivity index (χ3v) is 5.81. The first-order valence-electron chi connectivity index (χ1n) is 6.51. The van der Waals surface area contributed by atoms with Crippen LogP contribution in [0, 0.1) is 9.39 Å². The van der Waals surface area contributed by atoms with Gasteiger partial charge in [-0.2, -0.15) is 0 Å². The summed E-state index contributed by atoms with van der Waals surface area (Å²) < 4.78 is 38.9. The summed E-state index contributed by atoms with van der Waals surface area (Å²) in [5.74, 6) is -0.867. The van der Waals surface area contributed by atoms with Gasteiger partial charge in [-0.15, -0.1) is 0 Å². The van der Waals surface area contributed by atoms with Crippen LogP contribution < -0.4 is 5.32 Å². The van der Waals surface area contributed by atoms with E-state index in [1.54, 1.807) is 6.07 Å². The second-order valence-electron chi connectivity index (χ2n) is 4.89.